The van der Waals surface area contributed by atoms with Crippen LogP contribution in [0.25, 0.3) is 0 Å². The zero-order valence-electron chi connectivity index (χ0n) is 10.4. The van der Waals surface area contributed by atoms with Gasteiger partial charge in [0.25, 0.3) is 0 Å². The molecule has 110 valence electrons. The molecule has 0 radical (unpaired) electrons. The summed E-state index contributed by atoms with van der Waals surface area (Å²) in [6.45, 7) is 3.73. The van der Waals surface area contributed by atoms with Gasteiger partial charge in [0, 0.05) is 11.6 Å². The van der Waals surface area contributed by atoms with Gasteiger partial charge in [0.05, 0.1) is 0 Å². The lowest BCUT2D eigenvalue weighted by atomic mass is 9.97. The maximum absolute atomic E-state index is 13.4. The van der Waals surface area contributed by atoms with Crippen LogP contribution in [-0.4, -0.2) is 0 Å². The maximum atomic E-state index is 13.4. The van der Waals surface area contributed by atoms with Crippen LogP contribution in [0, 0.1) is 35.0 Å². The van der Waals surface area contributed by atoms with Gasteiger partial charge in [-0.25, -0.2) is 22.0 Å². The molecule has 0 saturated heterocycles. The van der Waals surface area contributed by atoms with Crippen molar-refractivity contribution in [1.82, 2.24) is 0 Å². The Kier molecular flexibility index (Phi) is 6.72. The van der Waals surface area contributed by atoms with Crippen molar-refractivity contribution in [3.05, 3.63) is 34.6 Å². The molecule has 1 rings (SSSR count). The van der Waals surface area contributed by atoms with Crippen LogP contribution < -0.4 is 5.73 Å². The number of hydrogen-bond donors (Lipinski definition) is 1. The summed E-state index contributed by atoms with van der Waals surface area (Å²) in [4.78, 5) is 0. The molecule has 0 unspecified atom stereocenters. The van der Waals surface area contributed by atoms with Gasteiger partial charge in [-0.1, -0.05) is 13.8 Å². The molecule has 0 heterocycles. The van der Waals surface area contributed by atoms with Gasteiger partial charge in [-0.2, -0.15) is 0 Å². The molecule has 0 aliphatic heterocycles. The monoisotopic (exact) mass is 303 g/mol. The van der Waals surface area contributed by atoms with Crippen molar-refractivity contribution in [2.24, 2.45) is 11.7 Å². The van der Waals surface area contributed by atoms with Crippen LogP contribution in [-0.2, 0) is 0 Å². The summed E-state index contributed by atoms with van der Waals surface area (Å²) < 4.78 is 65.5. The molecule has 0 saturated carbocycles. The number of benzene rings is 1. The van der Waals surface area contributed by atoms with Crippen molar-refractivity contribution in [2.45, 2.75) is 32.7 Å². The minimum Gasteiger partial charge on any atom is -0.324 e. The van der Waals surface area contributed by atoms with E-state index < -0.39 is 40.7 Å². The first-order chi connectivity index (χ1) is 8.27. The van der Waals surface area contributed by atoms with Crippen molar-refractivity contribution in [2.75, 3.05) is 0 Å². The second-order valence-electron chi connectivity index (χ2n) is 4.56. The fraction of sp³-hybridized carbons (Fsp3) is 0.500. The van der Waals surface area contributed by atoms with Gasteiger partial charge >= 0.3 is 0 Å². The highest BCUT2D eigenvalue weighted by Gasteiger charge is 2.28. The van der Waals surface area contributed by atoms with Crippen molar-refractivity contribution in [3.63, 3.8) is 0 Å². The molecule has 7 heteroatoms. The number of nitrogens with two attached hydrogens (primary N) is 1. The quantitative estimate of drug-likeness (QED) is 0.502. The Balaban J connectivity index is 0.00000324. The van der Waals surface area contributed by atoms with E-state index in [9.17, 15) is 22.0 Å². The van der Waals surface area contributed by atoms with E-state index in [0.29, 0.717) is 6.42 Å². The van der Waals surface area contributed by atoms with Crippen LogP contribution in [0.3, 0.4) is 0 Å². The minimum atomic E-state index is -2.16. The van der Waals surface area contributed by atoms with E-state index in [2.05, 4.69) is 0 Å². The van der Waals surface area contributed by atoms with Crippen LogP contribution in [0.15, 0.2) is 0 Å². The third kappa shape index (κ3) is 3.79. The molecule has 1 aromatic rings. The Bertz CT molecular complexity index is 421. The molecule has 19 heavy (non-hydrogen) atoms. The molecule has 0 amide bonds. The van der Waals surface area contributed by atoms with Gasteiger partial charge in [0.2, 0.25) is 5.82 Å². The SMILES string of the molecule is CC(C)CC[C@@H](N)c1c(F)c(F)c(F)c(F)c1F.Cl. The topological polar surface area (TPSA) is 26.0 Å². The normalized spacial score (nSPS) is 12.5. The number of rotatable bonds is 4. The van der Waals surface area contributed by atoms with Gasteiger partial charge in [0.1, 0.15) is 0 Å². The molecule has 0 aliphatic carbocycles. The second-order valence-corrected chi connectivity index (χ2v) is 4.56. The van der Waals surface area contributed by atoms with E-state index in [4.69, 9.17) is 5.73 Å². The van der Waals surface area contributed by atoms with E-state index in [1.807, 2.05) is 13.8 Å². The summed E-state index contributed by atoms with van der Waals surface area (Å²) >= 11 is 0. The van der Waals surface area contributed by atoms with Gasteiger partial charge in [-0.15, -0.1) is 12.4 Å². The third-order valence-corrected chi connectivity index (χ3v) is 2.67. The highest BCUT2D eigenvalue weighted by molar-refractivity contribution is 5.85. The van der Waals surface area contributed by atoms with Crippen LogP contribution in [0.5, 0.6) is 0 Å². The molecule has 1 aromatic carbocycles. The minimum absolute atomic E-state index is 0. The molecular formula is C12H15ClF5N. The highest BCUT2D eigenvalue weighted by Crippen LogP contribution is 2.29. The predicted molar refractivity (Wildman–Crippen MR) is 64.5 cm³/mol. The number of hydrogen-bond acceptors (Lipinski definition) is 1. The van der Waals surface area contributed by atoms with Crippen molar-refractivity contribution in [3.8, 4) is 0 Å². The largest absolute Gasteiger partial charge is 0.324 e. The Morgan fingerprint density at radius 1 is 0.789 bits per heavy atom. The first-order valence-electron chi connectivity index (χ1n) is 5.54. The zero-order chi connectivity index (χ0) is 14.0. The predicted octanol–water partition coefficient (Wildman–Crippen LogP) is 4.24. The van der Waals surface area contributed by atoms with Crippen LogP contribution in [0.1, 0.15) is 38.3 Å². The fourth-order valence-corrected chi connectivity index (χ4v) is 1.60. The van der Waals surface area contributed by atoms with Crippen molar-refractivity contribution < 1.29 is 22.0 Å². The molecule has 0 spiro atoms. The van der Waals surface area contributed by atoms with Crippen molar-refractivity contribution in [1.29, 1.82) is 0 Å². The average Bonchev–Trinajstić information content (AvgIpc) is 2.31. The van der Waals surface area contributed by atoms with E-state index >= 15 is 0 Å². The Hall–Kier alpha value is -0.880. The standard InChI is InChI=1S/C12H14F5N.ClH/c1-5(2)3-4-6(18)7-8(13)10(15)12(17)11(16)9(7)14;/h5-6H,3-4,18H2,1-2H3;1H/t6-;/m1./s1. The Labute approximate surface area is 114 Å². The molecule has 0 bridgehead atoms. The van der Waals surface area contributed by atoms with Crippen molar-refractivity contribution >= 4 is 12.4 Å². The number of halogens is 6. The zero-order valence-corrected chi connectivity index (χ0v) is 11.3. The Morgan fingerprint density at radius 3 is 1.53 bits per heavy atom. The molecule has 0 fully saturated rings. The first kappa shape index (κ1) is 18.1. The van der Waals surface area contributed by atoms with E-state index in [-0.39, 0.29) is 24.7 Å². The summed E-state index contributed by atoms with van der Waals surface area (Å²) in [7, 11) is 0. The van der Waals surface area contributed by atoms with Crippen LogP contribution in [0.4, 0.5) is 22.0 Å². The fourth-order valence-electron chi connectivity index (χ4n) is 1.60. The second kappa shape index (κ2) is 7.05. The van der Waals surface area contributed by atoms with E-state index in [1.165, 1.54) is 0 Å². The highest BCUT2D eigenvalue weighted by atomic mass is 35.5. The molecule has 1 atom stereocenters. The van der Waals surface area contributed by atoms with Gasteiger partial charge < -0.3 is 5.73 Å². The van der Waals surface area contributed by atoms with Gasteiger partial charge in [-0.05, 0) is 18.8 Å². The third-order valence-electron chi connectivity index (χ3n) is 2.67. The smallest absolute Gasteiger partial charge is 0.200 e. The van der Waals surface area contributed by atoms with Crippen LogP contribution >= 0.6 is 12.4 Å². The molecule has 2 N–H and O–H groups in total. The first-order valence-corrected chi connectivity index (χ1v) is 5.54. The maximum Gasteiger partial charge on any atom is 0.200 e. The lowest BCUT2D eigenvalue weighted by Gasteiger charge is -2.16. The van der Waals surface area contributed by atoms with E-state index in [1.54, 1.807) is 0 Å². The lowest BCUT2D eigenvalue weighted by Crippen LogP contribution is -2.18. The lowest BCUT2D eigenvalue weighted by molar-refractivity contribution is 0.359. The summed E-state index contributed by atoms with van der Waals surface area (Å²) in [6.07, 6.45) is 0.677. The summed E-state index contributed by atoms with van der Waals surface area (Å²) in [5, 5.41) is 0. The molecule has 1 nitrogen and oxygen atoms in total. The summed E-state index contributed by atoms with van der Waals surface area (Å²) in [6, 6.07) is -1.21. The molecule has 0 aliphatic rings. The Morgan fingerprint density at radius 2 is 1.16 bits per heavy atom. The molecule has 0 aromatic heterocycles. The van der Waals surface area contributed by atoms with Crippen LogP contribution in [0.2, 0.25) is 0 Å². The average molecular weight is 304 g/mol. The van der Waals surface area contributed by atoms with Gasteiger partial charge in [-0.3, -0.25) is 0 Å². The van der Waals surface area contributed by atoms with Gasteiger partial charge in [0.15, 0.2) is 23.3 Å². The summed E-state index contributed by atoms with van der Waals surface area (Å²) in [5.41, 5.74) is 4.56. The van der Waals surface area contributed by atoms with E-state index in [0.717, 1.165) is 0 Å². The molecular weight excluding hydrogens is 289 g/mol. The summed E-state index contributed by atoms with van der Waals surface area (Å²) in [5.74, 6) is -9.54.